The first-order valence-electron chi connectivity index (χ1n) is 18.6. The number of benzene rings is 1. The number of nitrogens with zero attached hydrogens (tertiary/aromatic N) is 11. The van der Waals surface area contributed by atoms with Gasteiger partial charge in [0, 0.05) is 70.6 Å². The standard InChI is InChI=1S/C47H27N11/c1-3-21-51-35(9-1)41-42(36-10-2-4-22-52-36)46(47-54-27-40-34(58-47)14-8-26-53-40)45(39-20-17-30-33(57-39)13-7-25-50-30)44(38-19-16-29-32(56-38)12-6-24-49-29)43(41)37-18-15-28-31(55-37)11-5-23-48-28/h1-27H. The number of hydrogen-bond donors (Lipinski definition) is 0. The molecule has 0 fully saturated rings. The molecule has 0 N–H and O–H groups in total. The van der Waals surface area contributed by atoms with Gasteiger partial charge in [-0.05, 0) is 109 Å². The zero-order valence-electron chi connectivity index (χ0n) is 30.5. The molecule has 0 saturated heterocycles. The molecule has 0 unspecified atom stereocenters. The number of pyridine rings is 9. The van der Waals surface area contributed by atoms with E-state index in [9.17, 15) is 0 Å². The number of aromatic nitrogens is 11. The van der Waals surface area contributed by atoms with Crippen LogP contribution in [-0.4, -0.2) is 54.8 Å². The SMILES string of the molecule is c1ccc(-c2c(-c3ccc4ncccc4n3)c(-c3ccc4ncccc4n3)c(-c3ccc4ncccc4n3)c(-c3ncc4ncccc4n3)c2-c2ccccn2)nc1. The van der Waals surface area contributed by atoms with Crippen molar-refractivity contribution in [2.24, 2.45) is 0 Å². The average Bonchev–Trinajstić information content (AvgIpc) is 3.30. The van der Waals surface area contributed by atoms with E-state index in [1.165, 1.54) is 0 Å². The maximum absolute atomic E-state index is 5.33. The summed E-state index contributed by atoms with van der Waals surface area (Å²) in [5.74, 6) is 0.451. The van der Waals surface area contributed by atoms with Gasteiger partial charge >= 0.3 is 0 Å². The third-order valence-electron chi connectivity index (χ3n) is 10.1. The lowest BCUT2D eigenvalue weighted by atomic mass is 9.79. The van der Waals surface area contributed by atoms with Crippen LogP contribution in [0, 0.1) is 0 Å². The van der Waals surface area contributed by atoms with Crippen LogP contribution in [0.15, 0.2) is 165 Å². The van der Waals surface area contributed by atoms with E-state index in [-0.39, 0.29) is 0 Å². The van der Waals surface area contributed by atoms with Crippen molar-refractivity contribution < 1.29 is 0 Å². The van der Waals surface area contributed by atoms with Crippen LogP contribution < -0.4 is 0 Å². The average molecular weight is 746 g/mol. The molecule has 0 atom stereocenters. The highest BCUT2D eigenvalue weighted by molar-refractivity contribution is 6.13. The molecule has 10 heterocycles. The molecule has 11 aromatic rings. The van der Waals surface area contributed by atoms with Gasteiger partial charge in [0.05, 0.1) is 73.3 Å². The predicted octanol–water partition coefficient (Wildman–Crippen LogP) is 9.65. The van der Waals surface area contributed by atoms with E-state index in [1.807, 2.05) is 121 Å². The van der Waals surface area contributed by atoms with Gasteiger partial charge < -0.3 is 0 Å². The Morgan fingerprint density at radius 3 is 1.05 bits per heavy atom. The summed E-state index contributed by atoms with van der Waals surface area (Å²) < 4.78 is 0. The van der Waals surface area contributed by atoms with Crippen LogP contribution in [0.2, 0.25) is 0 Å². The van der Waals surface area contributed by atoms with Crippen molar-refractivity contribution in [3.8, 4) is 67.7 Å². The van der Waals surface area contributed by atoms with Crippen LogP contribution >= 0.6 is 0 Å². The van der Waals surface area contributed by atoms with Gasteiger partial charge in [0.15, 0.2) is 5.82 Å². The van der Waals surface area contributed by atoms with Crippen molar-refractivity contribution in [3.05, 3.63) is 165 Å². The second-order valence-corrected chi connectivity index (χ2v) is 13.5. The molecular weight excluding hydrogens is 719 g/mol. The van der Waals surface area contributed by atoms with E-state index in [4.69, 9.17) is 34.9 Å². The Morgan fingerprint density at radius 2 is 0.603 bits per heavy atom. The van der Waals surface area contributed by atoms with Crippen LogP contribution in [0.4, 0.5) is 0 Å². The Hall–Kier alpha value is -8.31. The van der Waals surface area contributed by atoms with E-state index in [0.29, 0.717) is 50.9 Å². The summed E-state index contributed by atoms with van der Waals surface area (Å²) >= 11 is 0. The van der Waals surface area contributed by atoms with Crippen molar-refractivity contribution in [1.82, 2.24) is 54.8 Å². The Bertz CT molecular complexity index is 3130. The second kappa shape index (κ2) is 13.8. The monoisotopic (exact) mass is 745 g/mol. The first-order chi connectivity index (χ1) is 28.8. The highest BCUT2D eigenvalue weighted by atomic mass is 14.9. The smallest absolute Gasteiger partial charge is 0.161 e. The maximum atomic E-state index is 5.33. The van der Waals surface area contributed by atoms with Crippen LogP contribution in [0.5, 0.6) is 0 Å². The largest absolute Gasteiger partial charge is 0.256 e. The summed E-state index contributed by atoms with van der Waals surface area (Å²) in [7, 11) is 0. The first kappa shape index (κ1) is 33.1. The fourth-order valence-corrected chi connectivity index (χ4v) is 7.55. The fourth-order valence-electron chi connectivity index (χ4n) is 7.55. The summed E-state index contributed by atoms with van der Waals surface area (Å²) in [6.45, 7) is 0. The summed E-state index contributed by atoms with van der Waals surface area (Å²) in [6, 6.07) is 39.1. The van der Waals surface area contributed by atoms with E-state index >= 15 is 0 Å². The third-order valence-corrected chi connectivity index (χ3v) is 10.1. The molecule has 0 radical (unpaired) electrons. The van der Waals surface area contributed by atoms with E-state index < -0.39 is 0 Å². The Balaban J connectivity index is 1.42. The molecule has 0 aliphatic carbocycles. The summed E-state index contributed by atoms with van der Waals surface area (Å²) in [6.07, 6.45) is 12.4. The van der Waals surface area contributed by atoms with Crippen molar-refractivity contribution in [1.29, 1.82) is 0 Å². The van der Waals surface area contributed by atoms with Gasteiger partial charge in [0.25, 0.3) is 0 Å². The van der Waals surface area contributed by atoms with Crippen LogP contribution in [0.3, 0.4) is 0 Å². The molecule has 0 aliphatic heterocycles. The lowest BCUT2D eigenvalue weighted by molar-refractivity contribution is 1.19. The molecule has 270 valence electrons. The minimum absolute atomic E-state index is 0.451. The normalized spacial score (nSPS) is 11.4. The first-order valence-corrected chi connectivity index (χ1v) is 18.6. The van der Waals surface area contributed by atoms with Crippen molar-refractivity contribution in [3.63, 3.8) is 0 Å². The van der Waals surface area contributed by atoms with Gasteiger partial charge in [0.1, 0.15) is 5.52 Å². The summed E-state index contributed by atoms with van der Waals surface area (Å²) in [5.41, 5.74) is 13.7. The number of hydrogen-bond acceptors (Lipinski definition) is 11. The minimum atomic E-state index is 0.451. The molecular formula is C47H27N11. The molecule has 0 aliphatic rings. The van der Waals surface area contributed by atoms with E-state index in [0.717, 1.165) is 60.9 Å². The van der Waals surface area contributed by atoms with Crippen LogP contribution in [-0.2, 0) is 0 Å². The predicted molar refractivity (Wildman–Crippen MR) is 225 cm³/mol. The van der Waals surface area contributed by atoms with Gasteiger partial charge in [-0.3, -0.25) is 29.9 Å². The highest BCUT2D eigenvalue weighted by Gasteiger charge is 2.33. The Labute approximate surface area is 330 Å². The quantitative estimate of drug-likeness (QED) is 0.161. The second-order valence-electron chi connectivity index (χ2n) is 13.5. The molecule has 11 nitrogen and oxygen atoms in total. The minimum Gasteiger partial charge on any atom is -0.256 e. The third kappa shape index (κ3) is 5.65. The molecule has 58 heavy (non-hydrogen) atoms. The molecule has 0 spiro atoms. The van der Waals surface area contributed by atoms with Gasteiger partial charge in [-0.15, -0.1) is 0 Å². The summed E-state index contributed by atoms with van der Waals surface area (Å²) in [5, 5.41) is 0. The molecule has 11 heteroatoms. The van der Waals surface area contributed by atoms with Gasteiger partial charge in [-0.25, -0.2) is 24.9 Å². The Kier molecular flexibility index (Phi) is 7.85. The molecule has 0 amide bonds. The molecule has 0 bridgehead atoms. The Morgan fingerprint density at radius 1 is 0.224 bits per heavy atom. The van der Waals surface area contributed by atoms with E-state index in [2.05, 4.69) is 19.9 Å². The lowest BCUT2D eigenvalue weighted by Crippen LogP contribution is -2.07. The number of fused-ring (bicyclic) bond motifs is 4. The van der Waals surface area contributed by atoms with Gasteiger partial charge in [0.2, 0.25) is 0 Å². The topological polar surface area (TPSA) is 142 Å². The van der Waals surface area contributed by atoms with Gasteiger partial charge in [-0.1, -0.05) is 12.1 Å². The molecule has 11 rings (SSSR count). The van der Waals surface area contributed by atoms with E-state index in [1.54, 1.807) is 43.4 Å². The maximum Gasteiger partial charge on any atom is 0.161 e. The van der Waals surface area contributed by atoms with Crippen molar-refractivity contribution >= 4 is 44.1 Å². The van der Waals surface area contributed by atoms with Crippen molar-refractivity contribution in [2.45, 2.75) is 0 Å². The fraction of sp³-hybridized carbons (Fsp3) is 0. The highest BCUT2D eigenvalue weighted by Crippen LogP contribution is 2.54. The lowest BCUT2D eigenvalue weighted by Gasteiger charge is -2.26. The zero-order chi connectivity index (χ0) is 38.4. The summed E-state index contributed by atoms with van der Waals surface area (Å²) in [4.78, 5) is 54.7. The van der Waals surface area contributed by atoms with Crippen LogP contribution in [0.1, 0.15) is 0 Å². The molecule has 10 aromatic heterocycles. The molecule has 1 aromatic carbocycles. The van der Waals surface area contributed by atoms with Gasteiger partial charge in [-0.2, -0.15) is 0 Å². The van der Waals surface area contributed by atoms with Crippen molar-refractivity contribution in [2.75, 3.05) is 0 Å². The van der Waals surface area contributed by atoms with Crippen LogP contribution in [0.25, 0.3) is 112 Å². The zero-order valence-corrected chi connectivity index (χ0v) is 30.5. The number of rotatable bonds is 6. The molecule has 0 saturated carbocycles.